The minimum absolute atomic E-state index is 0.0264. The molecule has 2 N–H and O–H groups in total. The molecule has 0 aromatic heterocycles. The molecule has 2 aliphatic heterocycles. The van der Waals surface area contributed by atoms with Crippen LogP contribution in [0.5, 0.6) is 11.5 Å². The molecule has 0 spiro atoms. The van der Waals surface area contributed by atoms with Gasteiger partial charge in [-0.15, -0.1) is 0 Å². The molecule has 25 heavy (non-hydrogen) atoms. The number of phenolic OH excluding ortho intramolecular Hbond substituents is 2. The van der Waals surface area contributed by atoms with Gasteiger partial charge in [-0.2, -0.15) is 0 Å². The number of rotatable bonds is 3. The van der Waals surface area contributed by atoms with Crippen LogP contribution in [-0.4, -0.2) is 53.7 Å². The maximum atomic E-state index is 10.8. The van der Waals surface area contributed by atoms with Crippen LogP contribution in [0.4, 0.5) is 0 Å². The standard InChI is InChI=1S/C20H29NO4/c1-4-20(24-9-10-25-20)12-19-7-8-21(3)15(13(19)2)11-14-5-6-16(22)18(23)17(14)19/h5-6,13,15,22-23H,4,7-12H2,1-3H3/t13?,15-,19+/m1/s1. The minimum atomic E-state index is -0.582. The molecule has 3 aliphatic rings. The lowest BCUT2D eigenvalue weighted by Gasteiger charge is -2.57. The molecule has 5 nitrogen and oxygen atoms in total. The lowest BCUT2D eigenvalue weighted by atomic mass is 9.55. The Morgan fingerprint density at radius 3 is 2.64 bits per heavy atom. The highest BCUT2D eigenvalue weighted by Gasteiger charge is 2.56. The number of likely N-dealkylation sites (N-methyl/N-ethyl adjacent to an activating group) is 1. The predicted molar refractivity (Wildman–Crippen MR) is 94.9 cm³/mol. The quantitative estimate of drug-likeness (QED) is 0.824. The van der Waals surface area contributed by atoms with E-state index in [4.69, 9.17) is 9.47 Å². The van der Waals surface area contributed by atoms with Crippen molar-refractivity contribution in [3.8, 4) is 11.5 Å². The average Bonchev–Trinajstić information content (AvgIpc) is 3.06. The summed E-state index contributed by atoms with van der Waals surface area (Å²) in [5.74, 6) is -0.206. The second kappa shape index (κ2) is 5.86. The minimum Gasteiger partial charge on any atom is -0.504 e. The Balaban J connectivity index is 1.87. The Labute approximate surface area is 149 Å². The van der Waals surface area contributed by atoms with Crippen LogP contribution in [0.25, 0.3) is 0 Å². The third-order valence-corrected chi connectivity index (χ3v) is 7.03. The maximum Gasteiger partial charge on any atom is 0.169 e. The van der Waals surface area contributed by atoms with E-state index in [2.05, 4.69) is 25.8 Å². The first-order chi connectivity index (χ1) is 11.9. The summed E-state index contributed by atoms with van der Waals surface area (Å²) in [6.45, 7) is 6.61. The number of hydrogen-bond donors (Lipinski definition) is 2. The van der Waals surface area contributed by atoms with E-state index in [1.165, 1.54) is 0 Å². The monoisotopic (exact) mass is 347 g/mol. The Kier molecular flexibility index (Phi) is 4.02. The Bertz CT molecular complexity index is 670. The number of fused-ring (bicyclic) bond motifs is 4. The van der Waals surface area contributed by atoms with Gasteiger partial charge in [0.05, 0.1) is 13.2 Å². The number of phenols is 2. The van der Waals surface area contributed by atoms with Gasteiger partial charge in [0.15, 0.2) is 17.3 Å². The van der Waals surface area contributed by atoms with Gasteiger partial charge >= 0.3 is 0 Å². The molecule has 0 radical (unpaired) electrons. The van der Waals surface area contributed by atoms with Crippen molar-refractivity contribution in [1.29, 1.82) is 0 Å². The molecule has 0 amide bonds. The fourth-order valence-corrected chi connectivity index (χ4v) is 5.52. The topological polar surface area (TPSA) is 62.2 Å². The zero-order valence-corrected chi connectivity index (χ0v) is 15.4. The molecule has 4 rings (SSSR count). The average molecular weight is 347 g/mol. The normalized spacial score (nSPS) is 34.0. The summed E-state index contributed by atoms with van der Waals surface area (Å²) in [7, 11) is 2.19. The van der Waals surface area contributed by atoms with Crippen LogP contribution in [-0.2, 0) is 21.3 Å². The third-order valence-electron chi connectivity index (χ3n) is 7.03. The summed E-state index contributed by atoms with van der Waals surface area (Å²) in [6.07, 6.45) is 3.35. The van der Waals surface area contributed by atoms with Gasteiger partial charge < -0.3 is 24.6 Å². The van der Waals surface area contributed by atoms with E-state index in [-0.39, 0.29) is 16.9 Å². The van der Waals surface area contributed by atoms with E-state index < -0.39 is 5.79 Å². The smallest absolute Gasteiger partial charge is 0.169 e. The van der Waals surface area contributed by atoms with E-state index in [0.717, 1.165) is 43.4 Å². The van der Waals surface area contributed by atoms with Gasteiger partial charge in [0, 0.05) is 23.4 Å². The van der Waals surface area contributed by atoms with Gasteiger partial charge in [0.25, 0.3) is 0 Å². The molecule has 2 heterocycles. The summed E-state index contributed by atoms with van der Waals surface area (Å²) in [6, 6.07) is 4.03. The van der Waals surface area contributed by atoms with Gasteiger partial charge in [0.1, 0.15) is 0 Å². The van der Waals surface area contributed by atoms with Gasteiger partial charge in [-0.1, -0.05) is 19.9 Å². The van der Waals surface area contributed by atoms with Crippen LogP contribution in [0.15, 0.2) is 12.1 Å². The van der Waals surface area contributed by atoms with Crippen molar-refractivity contribution in [3.05, 3.63) is 23.3 Å². The molecule has 138 valence electrons. The van der Waals surface area contributed by atoms with E-state index in [9.17, 15) is 10.2 Å². The number of piperidine rings is 1. The highest BCUT2D eigenvalue weighted by Crippen LogP contribution is 2.57. The number of benzene rings is 1. The molecule has 2 bridgehead atoms. The van der Waals surface area contributed by atoms with Gasteiger partial charge in [-0.05, 0) is 50.4 Å². The second-order valence-corrected chi connectivity index (χ2v) is 8.05. The number of nitrogens with zero attached hydrogens (tertiary/aromatic N) is 1. The molecule has 1 aromatic carbocycles. The lowest BCUT2D eigenvalue weighted by Crippen LogP contribution is -2.60. The number of aromatic hydroxyl groups is 2. The van der Waals surface area contributed by atoms with Crippen molar-refractivity contribution in [2.24, 2.45) is 5.92 Å². The van der Waals surface area contributed by atoms with E-state index in [0.29, 0.717) is 25.2 Å². The van der Waals surface area contributed by atoms with Crippen LogP contribution in [0.2, 0.25) is 0 Å². The summed E-state index contributed by atoms with van der Waals surface area (Å²) in [5, 5.41) is 21.0. The summed E-state index contributed by atoms with van der Waals surface area (Å²) in [5.41, 5.74) is 1.83. The number of likely N-dealkylation sites (tertiary alicyclic amines) is 1. The molecule has 1 aliphatic carbocycles. The molecular weight excluding hydrogens is 318 g/mol. The first-order valence-corrected chi connectivity index (χ1v) is 9.45. The van der Waals surface area contributed by atoms with Crippen molar-refractivity contribution >= 4 is 0 Å². The second-order valence-electron chi connectivity index (χ2n) is 8.05. The van der Waals surface area contributed by atoms with Crippen molar-refractivity contribution in [2.75, 3.05) is 26.8 Å². The first kappa shape index (κ1) is 17.1. The largest absolute Gasteiger partial charge is 0.504 e. The molecule has 2 fully saturated rings. The van der Waals surface area contributed by atoms with E-state index >= 15 is 0 Å². The number of ether oxygens (including phenoxy) is 2. The van der Waals surface area contributed by atoms with Crippen LogP contribution in [0.3, 0.4) is 0 Å². The molecule has 5 heteroatoms. The van der Waals surface area contributed by atoms with Crippen LogP contribution < -0.4 is 0 Å². The fourth-order valence-electron chi connectivity index (χ4n) is 5.52. The lowest BCUT2D eigenvalue weighted by molar-refractivity contribution is -0.185. The Morgan fingerprint density at radius 1 is 1.24 bits per heavy atom. The molecule has 1 unspecified atom stereocenters. The molecular formula is C20H29NO4. The van der Waals surface area contributed by atoms with Crippen LogP contribution >= 0.6 is 0 Å². The van der Waals surface area contributed by atoms with Gasteiger partial charge in [-0.25, -0.2) is 0 Å². The maximum absolute atomic E-state index is 10.8. The molecule has 3 atom stereocenters. The fraction of sp³-hybridized carbons (Fsp3) is 0.700. The molecule has 1 aromatic rings. The van der Waals surface area contributed by atoms with Crippen molar-refractivity contribution in [2.45, 2.75) is 56.8 Å². The van der Waals surface area contributed by atoms with Crippen LogP contribution in [0, 0.1) is 5.92 Å². The highest BCUT2D eigenvalue weighted by molar-refractivity contribution is 5.55. The Hall–Kier alpha value is -1.30. The van der Waals surface area contributed by atoms with Gasteiger partial charge in [-0.3, -0.25) is 0 Å². The van der Waals surface area contributed by atoms with Crippen molar-refractivity contribution in [1.82, 2.24) is 4.90 Å². The van der Waals surface area contributed by atoms with E-state index in [1.807, 2.05) is 6.07 Å². The third kappa shape index (κ3) is 2.40. The first-order valence-electron chi connectivity index (χ1n) is 9.45. The van der Waals surface area contributed by atoms with E-state index in [1.54, 1.807) is 6.07 Å². The molecule has 0 saturated carbocycles. The highest BCUT2D eigenvalue weighted by atomic mass is 16.7. The number of hydrogen-bond acceptors (Lipinski definition) is 5. The van der Waals surface area contributed by atoms with Gasteiger partial charge in [0.2, 0.25) is 0 Å². The SMILES string of the molecule is CCC1(C[C@]23CCN(C)[C@H](Cc4ccc(O)c(O)c42)C3C)OCCO1. The zero-order valence-electron chi connectivity index (χ0n) is 15.4. The predicted octanol–water partition coefficient (Wildman–Crippen LogP) is 2.78. The van der Waals surface area contributed by atoms with Crippen LogP contribution in [0.1, 0.15) is 44.2 Å². The van der Waals surface area contributed by atoms with Crippen molar-refractivity contribution < 1.29 is 19.7 Å². The summed E-state index contributed by atoms with van der Waals surface area (Å²) in [4.78, 5) is 2.44. The molecule has 2 saturated heterocycles. The Morgan fingerprint density at radius 2 is 1.96 bits per heavy atom. The summed E-state index contributed by atoms with van der Waals surface area (Å²) < 4.78 is 12.1. The zero-order chi connectivity index (χ0) is 17.8. The summed E-state index contributed by atoms with van der Waals surface area (Å²) >= 11 is 0. The van der Waals surface area contributed by atoms with Crippen molar-refractivity contribution in [3.63, 3.8) is 0 Å².